The maximum absolute atomic E-state index is 13.9. The first-order valence-electron chi connectivity index (χ1n) is 10.0. The predicted molar refractivity (Wildman–Crippen MR) is 133 cm³/mol. The van der Waals surface area contributed by atoms with Gasteiger partial charge in [-0.1, -0.05) is 48.5 Å². The molecule has 2 aromatic heterocycles. The van der Waals surface area contributed by atoms with Gasteiger partial charge in [0.25, 0.3) is 0 Å². The van der Waals surface area contributed by atoms with E-state index in [9.17, 15) is 4.39 Å². The lowest BCUT2D eigenvalue weighted by atomic mass is 10.2. The van der Waals surface area contributed by atoms with Crippen molar-refractivity contribution in [1.82, 2.24) is 19.6 Å². The molecule has 0 aliphatic heterocycles. The van der Waals surface area contributed by atoms with Gasteiger partial charge in [0.05, 0.1) is 34.6 Å². The highest BCUT2D eigenvalue weighted by Gasteiger charge is 2.15. The highest BCUT2D eigenvalue weighted by molar-refractivity contribution is 9.10. The van der Waals surface area contributed by atoms with E-state index in [1.165, 1.54) is 11.6 Å². The van der Waals surface area contributed by atoms with E-state index in [2.05, 4.69) is 48.9 Å². The van der Waals surface area contributed by atoms with E-state index < -0.39 is 0 Å². The summed E-state index contributed by atoms with van der Waals surface area (Å²) in [6, 6.07) is 16.8. The number of nitrogens with one attached hydrogen (secondary N) is 2. The van der Waals surface area contributed by atoms with Crippen molar-refractivity contribution >= 4 is 44.8 Å². The number of halogens is 2. The minimum Gasteiger partial charge on any atom is -0.329 e. The van der Waals surface area contributed by atoms with Crippen molar-refractivity contribution in [1.29, 1.82) is 0 Å². The molecule has 0 spiro atoms. The first kappa shape index (κ1) is 22.2. The van der Waals surface area contributed by atoms with E-state index in [0.29, 0.717) is 29.6 Å². The number of hydrogen-bond donors (Lipinski definition) is 2. The lowest BCUT2D eigenvalue weighted by Gasteiger charge is -2.10. The molecule has 2 N–H and O–H groups in total. The molecule has 0 fully saturated rings. The summed E-state index contributed by atoms with van der Waals surface area (Å²) in [4.78, 5) is 0. The van der Waals surface area contributed by atoms with E-state index >= 15 is 0 Å². The maximum atomic E-state index is 13.9. The normalized spacial score (nSPS) is 10.9. The second kappa shape index (κ2) is 9.62. The third-order valence-electron chi connectivity index (χ3n) is 5.03. The van der Waals surface area contributed by atoms with E-state index in [-0.39, 0.29) is 5.82 Å². The van der Waals surface area contributed by atoms with E-state index in [1.807, 2.05) is 36.7 Å². The molecular weight excluding hydrogens is 491 g/mol. The fraction of sp³-hybridized carbons (Fsp3) is 0.174. The fourth-order valence-electron chi connectivity index (χ4n) is 3.40. The van der Waals surface area contributed by atoms with Gasteiger partial charge in [-0.2, -0.15) is 10.2 Å². The van der Waals surface area contributed by atoms with E-state index in [1.54, 1.807) is 29.1 Å². The Morgan fingerprint density at radius 3 is 2.47 bits per heavy atom. The Bertz CT molecular complexity index is 1250. The molecule has 0 bridgehead atoms. The van der Waals surface area contributed by atoms with Gasteiger partial charge in [0.1, 0.15) is 5.82 Å². The van der Waals surface area contributed by atoms with Crippen molar-refractivity contribution in [2.24, 2.45) is 0 Å². The predicted octanol–water partition coefficient (Wildman–Crippen LogP) is 5.50. The van der Waals surface area contributed by atoms with Gasteiger partial charge in [-0.05, 0) is 53.6 Å². The zero-order chi connectivity index (χ0) is 22.7. The number of thiocarbonyl (C=S) groups is 1. The fourth-order valence-corrected chi connectivity index (χ4v) is 4.02. The van der Waals surface area contributed by atoms with Crippen LogP contribution in [0.1, 0.15) is 22.5 Å². The molecule has 9 heteroatoms. The molecule has 0 radical (unpaired) electrons. The number of hydrogen-bond acceptors (Lipinski definition) is 3. The van der Waals surface area contributed by atoms with Gasteiger partial charge in [-0.25, -0.2) is 4.39 Å². The Morgan fingerprint density at radius 2 is 1.72 bits per heavy atom. The van der Waals surface area contributed by atoms with Crippen molar-refractivity contribution < 1.29 is 4.39 Å². The second-order valence-electron chi connectivity index (χ2n) is 7.38. The molecule has 0 amide bonds. The van der Waals surface area contributed by atoms with Crippen molar-refractivity contribution in [3.05, 3.63) is 93.6 Å². The summed E-state index contributed by atoms with van der Waals surface area (Å²) in [5, 5.41) is 15.9. The molecule has 2 heterocycles. The third-order valence-corrected chi connectivity index (χ3v) is 5.82. The van der Waals surface area contributed by atoms with Crippen LogP contribution in [0.2, 0.25) is 0 Å². The Balaban J connectivity index is 1.44. The van der Waals surface area contributed by atoms with Crippen LogP contribution in [0.3, 0.4) is 0 Å². The van der Waals surface area contributed by atoms with Gasteiger partial charge < -0.3 is 10.6 Å². The molecule has 2 aromatic carbocycles. The topological polar surface area (TPSA) is 59.7 Å². The Hall–Kier alpha value is -3.04. The highest BCUT2D eigenvalue weighted by atomic mass is 79.9. The summed E-state index contributed by atoms with van der Waals surface area (Å²) in [5.74, 6) is 0.287. The number of nitrogens with zero attached hydrogens (tertiary/aromatic N) is 4. The number of aryl methyl sites for hydroxylation is 1. The van der Waals surface area contributed by atoms with Crippen LogP contribution in [0.15, 0.2) is 65.3 Å². The molecular formula is C23H22BrFN6S. The van der Waals surface area contributed by atoms with Gasteiger partial charge >= 0.3 is 0 Å². The molecule has 0 atom stereocenters. The molecule has 4 rings (SSSR count). The van der Waals surface area contributed by atoms with Crippen LogP contribution in [0.25, 0.3) is 0 Å². The lowest BCUT2D eigenvalue weighted by Crippen LogP contribution is -2.20. The van der Waals surface area contributed by atoms with Gasteiger partial charge in [-0.3, -0.25) is 9.36 Å². The molecule has 32 heavy (non-hydrogen) atoms. The van der Waals surface area contributed by atoms with Gasteiger partial charge in [0.2, 0.25) is 0 Å². The summed E-state index contributed by atoms with van der Waals surface area (Å²) in [6.07, 6.45) is 1.78. The number of benzene rings is 2. The average Bonchev–Trinajstić information content (AvgIpc) is 3.23. The van der Waals surface area contributed by atoms with E-state index in [4.69, 9.17) is 12.2 Å². The van der Waals surface area contributed by atoms with Gasteiger partial charge in [0, 0.05) is 11.8 Å². The largest absolute Gasteiger partial charge is 0.329 e. The van der Waals surface area contributed by atoms with Crippen LogP contribution in [0.4, 0.5) is 15.9 Å². The molecule has 0 unspecified atom stereocenters. The average molecular weight is 513 g/mol. The lowest BCUT2D eigenvalue weighted by molar-refractivity contribution is 0.586. The third kappa shape index (κ3) is 5.05. The first-order chi connectivity index (χ1) is 15.4. The molecule has 6 nitrogen and oxygen atoms in total. The summed E-state index contributed by atoms with van der Waals surface area (Å²) in [7, 11) is 0. The van der Waals surface area contributed by atoms with Crippen LogP contribution in [0, 0.1) is 19.7 Å². The van der Waals surface area contributed by atoms with Crippen molar-refractivity contribution in [3.8, 4) is 0 Å². The van der Waals surface area contributed by atoms with Crippen LogP contribution in [-0.2, 0) is 13.1 Å². The zero-order valence-electron chi connectivity index (χ0n) is 17.6. The number of anilines is 2. The van der Waals surface area contributed by atoms with Crippen LogP contribution >= 0.6 is 28.1 Å². The molecule has 164 valence electrons. The Morgan fingerprint density at radius 1 is 1.00 bits per heavy atom. The first-order valence-corrected chi connectivity index (χ1v) is 11.2. The van der Waals surface area contributed by atoms with Crippen LogP contribution in [0.5, 0.6) is 0 Å². The van der Waals surface area contributed by atoms with Crippen molar-refractivity contribution in [3.63, 3.8) is 0 Å². The summed E-state index contributed by atoms with van der Waals surface area (Å²) in [6.45, 7) is 4.95. The van der Waals surface area contributed by atoms with Gasteiger partial charge in [0.15, 0.2) is 10.9 Å². The van der Waals surface area contributed by atoms with Crippen LogP contribution in [-0.4, -0.2) is 24.7 Å². The number of aromatic nitrogens is 4. The minimum atomic E-state index is -0.260. The minimum absolute atomic E-state index is 0.260. The molecule has 0 aliphatic rings. The Kier molecular flexibility index (Phi) is 6.66. The maximum Gasteiger partial charge on any atom is 0.176 e. The monoisotopic (exact) mass is 512 g/mol. The van der Waals surface area contributed by atoms with Gasteiger partial charge in [-0.15, -0.1) is 0 Å². The molecule has 0 saturated carbocycles. The second-order valence-corrected chi connectivity index (χ2v) is 8.65. The Labute approximate surface area is 199 Å². The highest BCUT2D eigenvalue weighted by Crippen LogP contribution is 2.24. The SMILES string of the molecule is Cc1nn(Cc2ccccc2)c(C)c1NC(=S)Nc1nn(Cc2ccccc2F)cc1Br. The van der Waals surface area contributed by atoms with Crippen molar-refractivity contribution in [2.45, 2.75) is 26.9 Å². The van der Waals surface area contributed by atoms with E-state index in [0.717, 1.165) is 21.5 Å². The number of rotatable bonds is 6. The zero-order valence-corrected chi connectivity index (χ0v) is 20.0. The smallest absolute Gasteiger partial charge is 0.176 e. The quantitative estimate of drug-likeness (QED) is 0.334. The van der Waals surface area contributed by atoms with Crippen molar-refractivity contribution in [2.75, 3.05) is 10.6 Å². The molecule has 0 saturated heterocycles. The summed E-state index contributed by atoms with van der Waals surface area (Å²) < 4.78 is 18.3. The molecule has 0 aliphatic carbocycles. The summed E-state index contributed by atoms with van der Waals surface area (Å²) in [5.41, 5.74) is 4.44. The van der Waals surface area contributed by atoms with Crippen LogP contribution < -0.4 is 10.6 Å². The molecule has 4 aromatic rings. The summed E-state index contributed by atoms with van der Waals surface area (Å²) >= 11 is 9.00. The standard InChI is InChI=1S/C23H22BrFN6S/c1-15-21(16(2)31(28-15)12-17-8-4-3-5-9-17)26-23(32)27-22-19(24)14-30(29-22)13-18-10-6-7-11-20(18)25/h3-11,14H,12-13H2,1-2H3,(H2,26,27,29,32).